The fourth-order valence-electron chi connectivity index (χ4n) is 5.48. The van der Waals surface area contributed by atoms with Gasteiger partial charge in [0.2, 0.25) is 0 Å². The molecule has 1 spiro atoms. The van der Waals surface area contributed by atoms with E-state index in [2.05, 4.69) is 85.0 Å². The zero-order chi connectivity index (χ0) is 19.0. The molecule has 3 aromatic rings. The summed E-state index contributed by atoms with van der Waals surface area (Å²) in [6.45, 7) is 3.27. The second-order valence-electron chi connectivity index (χ2n) is 8.67. The molecule has 142 valence electrons. The smallest absolute Gasteiger partial charge is 0.0300 e. The number of rotatable bonds is 4. The average molecular weight is 368 g/mol. The molecule has 0 unspecified atom stereocenters. The van der Waals surface area contributed by atoms with E-state index in [0.29, 0.717) is 11.5 Å². The summed E-state index contributed by atoms with van der Waals surface area (Å²) in [5.74, 6) is 0. The quantitative estimate of drug-likeness (QED) is 0.520. The highest BCUT2D eigenvalue weighted by molar-refractivity contribution is 5.86. The maximum atomic E-state index is 3.83. The Morgan fingerprint density at radius 2 is 1.64 bits per heavy atom. The van der Waals surface area contributed by atoms with Gasteiger partial charge in [-0.2, -0.15) is 0 Å². The molecule has 2 aliphatic rings. The number of hydrogen-bond acceptors (Lipinski definition) is 1. The van der Waals surface area contributed by atoms with Crippen LogP contribution in [0.4, 0.5) is 0 Å². The normalized spacial score (nSPS) is 18.8. The van der Waals surface area contributed by atoms with Gasteiger partial charge in [-0.1, -0.05) is 91.2 Å². The van der Waals surface area contributed by atoms with Crippen molar-refractivity contribution in [3.05, 3.63) is 95.1 Å². The van der Waals surface area contributed by atoms with Crippen LogP contribution in [0.5, 0.6) is 0 Å². The van der Waals surface area contributed by atoms with Crippen molar-refractivity contribution in [2.75, 3.05) is 6.54 Å². The highest BCUT2D eigenvalue weighted by Gasteiger charge is 2.37. The van der Waals surface area contributed by atoms with Gasteiger partial charge in [0.05, 0.1) is 0 Å². The molecule has 0 amide bonds. The molecule has 28 heavy (non-hydrogen) atoms. The van der Waals surface area contributed by atoms with E-state index in [1.54, 1.807) is 16.7 Å². The molecule has 1 heteroatoms. The van der Waals surface area contributed by atoms with Crippen LogP contribution in [0.3, 0.4) is 0 Å². The van der Waals surface area contributed by atoms with E-state index in [4.69, 9.17) is 0 Å². The Hall–Kier alpha value is -2.38. The van der Waals surface area contributed by atoms with Gasteiger partial charge in [-0.3, -0.25) is 0 Å². The molecule has 1 saturated carbocycles. The standard InChI is InChI=1S/C27H29N/c1-20(24-13-8-11-22-9-2-4-12-25(22)24)28-19-21-17-23-10-3-5-14-26(23)27(18-21)15-6-7-16-27/h2-5,8-14,18,20,28H,6-7,15-17,19H2,1H3/t20-/m1/s1. The third-order valence-corrected chi connectivity index (χ3v) is 6.87. The topological polar surface area (TPSA) is 12.0 Å². The zero-order valence-corrected chi connectivity index (χ0v) is 16.7. The molecule has 5 rings (SSSR count). The van der Waals surface area contributed by atoms with Gasteiger partial charge in [0.15, 0.2) is 0 Å². The van der Waals surface area contributed by atoms with Crippen molar-refractivity contribution < 1.29 is 0 Å². The number of allylic oxidation sites excluding steroid dienone is 1. The van der Waals surface area contributed by atoms with Crippen LogP contribution in [0.2, 0.25) is 0 Å². The summed E-state index contributed by atoms with van der Waals surface area (Å²) in [7, 11) is 0. The Morgan fingerprint density at radius 1 is 0.893 bits per heavy atom. The van der Waals surface area contributed by atoms with E-state index in [0.717, 1.165) is 13.0 Å². The second-order valence-corrected chi connectivity index (χ2v) is 8.67. The van der Waals surface area contributed by atoms with Crippen LogP contribution >= 0.6 is 0 Å². The number of nitrogens with one attached hydrogen (secondary N) is 1. The van der Waals surface area contributed by atoms with E-state index in [9.17, 15) is 0 Å². The van der Waals surface area contributed by atoms with Crippen molar-refractivity contribution in [2.24, 2.45) is 0 Å². The van der Waals surface area contributed by atoms with E-state index in [1.165, 1.54) is 42.0 Å². The summed E-state index contributed by atoms with van der Waals surface area (Å²) in [6, 6.07) is 24.8. The minimum absolute atomic E-state index is 0.300. The lowest BCUT2D eigenvalue weighted by Gasteiger charge is -2.34. The van der Waals surface area contributed by atoms with Crippen LogP contribution < -0.4 is 5.32 Å². The van der Waals surface area contributed by atoms with Crippen molar-refractivity contribution in [3.8, 4) is 0 Å². The van der Waals surface area contributed by atoms with Gasteiger partial charge >= 0.3 is 0 Å². The predicted octanol–water partition coefficient (Wildman–Crippen LogP) is 6.48. The van der Waals surface area contributed by atoms with Crippen LogP contribution in [0.25, 0.3) is 10.8 Å². The van der Waals surface area contributed by atoms with Crippen molar-refractivity contribution in [1.82, 2.24) is 5.32 Å². The highest BCUT2D eigenvalue weighted by Crippen LogP contribution is 2.47. The van der Waals surface area contributed by atoms with Crippen molar-refractivity contribution in [1.29, 1.82) is 0 Å². The Balaban J connectivity index is 1.39. The first-order chi connectivity index (χ1) is 13.8. The molecule has 1 fully saturated rings. The Labute approximate surface area is 168 Å². The minimum Gasteiger partial charge on any atom is -0.306 e. The minimum atomic E-state index is 0.300. The highest BCUT2D eigenvalue weighted by atomic mass is 14.9. The van der Waals surface area contributed by atoms with E-state index in [-0.39, 0.29) is 0 Å². The maximum Gasteiger partial charge on any atom is 0.0300 e. The molecule has 0 bridgehead atoms. The van der Waals surface area contributed by atoms with Gasteiger partial charge in [-0.05, 0) is 53.6 Å². The third kappa shape index (κ3) is 3.08. The van der Waals surface area contributed by atoms with Gasteiger partial charge in [0.25, 0.3) is 0 Å². The first-order valence-electron chi connectivity index (χ1n) is 10.8. The monoisotopic (exact) mass is 367 g/mol. The number of fused-ring (bicyclic) bond motifs is 3. The van der Waals surface area contributed by atoms with Gasteiger partial charge in [0.1, 0.15) is 0 Å². The van der Waals surface area contributed by atoms with Gasteiger partial charge in [-0.25, -0.2) is 0 Å². The Kier molecular flexibility index (Phi) is 4.56. The largest absolute Gasteiger partial charge is 0.306 e. The third-order valence-electron chi connectivity index (χ3n) is 6.87. The fourth-order valence-corrected chi connectivity index (χ4v) is 5.48. The van der Waals surface area contributed by atoms with Crippen LogP contribution in [-0.4, -0.2) is 6.54 Å². The molecule has 1 atom stereocenters. The van der Waals surface area contributed by atoms with Gasteiger partial charge < -0.3 is 5.32 Å². The van der Waals surface area contributed by atoms with Gasteiger partial charge in [0, 0.05) is 18.0 Å². The molecule has 3 aromatic carbocycles. The Morgan fingerprint density at radius 3 is 2.54 bits per heavy atom. The lowest BCUT2D eigenvalue weighted by atomic mass is 9.71. The molecule has 1 nitrogen and oxygen atoms in total. The van der Waals surface area contributed by atoms with Crippen molar-refractivity contribution in [3.63, 3.8) is 0 Å². The van der Waals surface area contributed by atoms with Crippen molar-refractivity contribution in [2.45, 2.75) is 50.5 Å². The van der Waals surface area contributed by atoms with Crippen LogP contribution in [0.15, 0.2) is 78.4 Å². The summed E-state index contributed by atoms with van der Waals surface area (Å²) >= 11 is 0. The van der Waals surface area contributed by atoms with Gasteiger partial charge in [-0.15, -0.1) is 0 Å². The van der Waals surface area contributed by atoms with E-state index >= 15 is 0 Å². The number of benzene rings is 3. The molecule has 0 aliphatic heterocycles. The molecular formula is C27H29N. The number of hydrogen-bond donors (Lipinski definition) is 1. The summed E-state index contributed by atoms with van der Waals surface area (Å²) in [6.07, 6.45) is 9.06. The molecule has 2 aliphatic carbocycles. The summed E-state index contributed by atoms with van der Waals surface area (Å²) in [5.41, 5.74) is 6.40. The van der Waals surface area contributed by atoms with E-state index in [1.807, 2.05) is 0 Å². The SMILES string of the molecule is C[C@@H](NCC1=CC2(CCCC2)c2ccccc2C1)c1cccc2ccccc12. The molecular weight excluding hydrogens is 338 g/mol. The second kappa shape index (κ2) is 7.22. The fraction of sp³-hybridized carbons (Fsp3) is 0.333. The summed E-state index contributed by atoms with van der Waals surface area (Å²) in [5, 5.41) is 6.51. The van der Waals surface area contributed by atoms with E-state index < -0.39 is 0 Å². The zero-order valence-electron chi connectivity index (χ0n) is 16.7. The molecule has 1 N–H and O–H groups in total. The van der Waals surface area contributed by atoms with Crippen LogP contribution in [0, 0.1) is 0 Å². The first-order valence-corrected chi connectivity index (χ1v) is 10.8. The molecule has 0 heterocycles. The lowest BCUT2D eigenvalue weighted by Crippen LogP contribution is -2.30. The lowest BCUT2D eigenvalue weighted by molar-refractivity contribution is 0.525. The molecule has 0 saturated heterocycles. The Bertz CT molecular complexity index is 1020. The molecule has 0 radical (unpaired) electrons. The molecule has 0 aromatic heterocycles. The van der Waals surface area contributed by atoms with Crippen molar-refractivity contribution >= 4 is 10.8 Å². The van der Waals surface area contributed by atoms with Crippen LogP contribution in [-0.2, 0) is 11.8 Å². The maximum absolute atomic E-state index is 3.83. The average Bonchev–Trinajstić information content (AvgIpc) is 3.20. The predicted molar refractivity (Wildman–Crippen MR) is 119 cm³/mol. The summed E-state index contributed by atoms with van der Waals surface area (Å²) < 4.78 is 0. The summed E-state index contributed by atoms with van der Waals surface area (Å²) in [4.78, 5) is 0. The first kappa shape index (κ1) is 17.7. The van der Waals surface area contributed by atoms with Crippen LogP contribution in [0.1, 0.15) is 55.3 Å².